The number of nitrogens with two attached hydrogens (primary N) is 1. The Balaban J connectivity index is 0.00000264. The van der Waals surface area contributed by atoms with Crippen LogP contribution in [0.15, 0.2) is 18.2 Å². The number of carbonyl (C=O) groups is 1. The molecule has 5 nitrogen and oxygen atoms in total. The highest BCUT2D eigenvalue weighted by Crippen LogP contribution is 2.22. The van der Waals surface area contributed by atoms with Crippen LogP contribution in [-0.2, 0) is 11.3 Å². The van der Waals surface area contributed by atoms with Crippen molar-refractivity contribution in [1.82, 2.24) is 9.80 Å². The molecule has 1 aliphatic rings. The Morgan fingerprint density at radius 3 is 2.33 bits per heavy atom. The molecule has 1 amide bonds. The van der Waals surface area contributed by atoms with Gasteiger partial charge in [0.25, 0.3) is 0 Å². The number of benzene rings is 1. The first kappa shape index (κ1) is 22.9. The quantitative estimate of drug-likeness (QED) is 0.866. The van der Waals surface area contributed by atoms with Crippen LogP contribution in [0.1, 0.15) is 19.4 Å². The minimum atomic E-state index is -0.839. The maximum Gasteiger partial charge on any atom is 0.242 e. The van der Waals surface area contributed by atoms with Crippen LogP contribution in [0, 0.1) is 5.82 Å². The first-order chi connectivity index (χ1) is 10.3. The van der Waals surface area contributed by atoms with Gasteiger partial charge in [-0.3, -0.25) is 9.69 Å². The average Bonchev–Trinajstić information content (AvgIpc) is 2.46. The summed E-state index contributed by atoms with van der Waals surface area (Å²) in [5.41, 5.74) is 5.84. The molecule has 2 rings (SSSR count). The smallest absolute Gasteiger partial charge is 0.242 e. The Morgan fingerprint density at radius 2 is 1.83 bits per heavy atom. The van der Waals surface area contributed by atoms with Gasteiger partial charge in [-0.25, -0.2) is 4.39 Å². The van der Waals surface area contributed by atoms with Crippen molar-refractivity contribution in [2.75, 3.05) is 33.3 Å². The van der Waals surface area contributed by atoms with Crippen LogP contribution in [0.25, 0.3) is 0 Å². The van der Waals surface area contributed by atoms with Crippen molar-refractivity contribution < 1.29 is 13.9 Å². The van der Waals surface area contributed by atoms with E-state index >= 15 is 0 Å². The fraction of sp³-hybridized carbons (Fsp3) is 0.562. The zero-order valence-corrected chi connectivity index (χ0v) is 15.9. The average molecular weight is 382 g/mol. The van der Waals surface area contributed by atoms with Gasteiger partial charge in [0.05, 0.1) is 12.6 Å². The third-order valence-corrected chi connectivity index (χ3v) is 3.85. The van der Waals surface area contributed by atoms with Gasteiger partial charge < -0.3 is 15.4 Å². The normalized spacial score (nSPS) is 15.3. The van der Waals surface area contributed by atoms with E-state index in [1.165, 1.54) is 12.1 Å². The van der Waals surface area contributed by atoms with E-state index in [-0.39, 0.29) is 36.5 Å². The van der Waals surface area contributed by atoms with Crippen molar-refractivity contribution in [3.63, 3.8) is 0 Å². The molecule has 0 aliphatic carbocycles. The Labute approximate surface area is 155 Å². The molecule has 0 unspecified atom stereocenters. The molecule has 1 aromatic carbocycles. The monoisotopic (exact) mass is 381 g/mol. The molecule has 138 valence electrons. The van der Waals surface area contributed by atoms with Gasteiger partial charge in [0.1, 0.15) is 11.6 Å². The van der Waals surface area contributed by atoms with Crippen molar-refractivity contribution in [3.05, 3.63) is 29.6 Å². The zero-order chi connectivity index (χ0) is 16.3. The fourth-order valence-electron chi connectivity index (χ4n) is 2.63. The number of carbonyl (C=O) groups excluding carboxylic acids is 1. The third kappa shape index (κ3) is 5.77. The van der Waals surface area contributed by atoms with Crippen LogP contribution >= 0.6 is 24.8 Å². The lowest BCUT2D eigenvalue weighted by Gasteiger charge is -2.37. The molecule has 1 saturated heterocycles. The maximum absolute atomic E-state index is 13.4. The molecule has 1 aromatic rings. The molecule has 1 heterocycles. The van der Waals surface area contributed by atoms with Gasteiger partial charge in [-0.05, 0) is 32.0 Å². The van der Waals surface area contributed by atoms with Crippen LogP contribution in [0.5, 0.6) is 5.75 Å². The van der Waals surface area contributed by atoms with E-state index in [0.29, 0.717) is 25.4 Å². The number of halogens is 3. The molecule has 24 heavy (non-hydrogen) atoms. The van der Waals surface area contributed by atoms with Crippen molar-refractivity contribution >= 4 is 30.7 Å². The molecule has 8 heteroatoms. The molecule has 0 radical (unpaired) electrons. The maximum atomic E-state index is 13.4. The first-order valence-electron chi connectivity index (χ1n) is 7.44. The van der Waals surface area contributed by atoms with Crippen LogP contribution < -0.4 is 10.5 Å². The number of piperazine rings is 1. The van der Waals surface area contributed by atoms with Gasteiger partial charge in [-0.1, -0.05) is 0 Å². The SMILES string of the molecule is COc1ccc(F)cc1CN1CCN(C(=O)C(C)(C)N)CC1.Cl.Cl. The lowest BCUT2D eigenvalue weighted by atomic mass is 10.0. The van der Waals surface area contributed by atoms with Crippen LogP contribution in [0.4, 0.5) is 4.39 Å². The summed E-state index contributed by atoms with van der Waals surface area (Å²) in [7, 11) is 1.58. The largest absolute Gasteiger partial charge is 0.496 e. The van der Waals surface area contributed by atoms with E-state index in [2.05, 4.69) is 4.90 Å². The molecule has 1 aliphatic heterocycles. The number of methoxy groups -OCH3 is 1. The molecule has 1 fully saturated rings. The minimum absolute atomic E-state index is 0. The summed E-state index contributed by atoms with van der Waals surface area (Å²) in [5, 5.41) is 0. The zero-order valence-electron chi connectivity index (χ0n) is 14.3. The lowest BCUT2D eigenvalue weighted by molar-refractivity contribution is -0.137. The summed E-state index contributed by atoms with van der Waals surface area (Å²) in [6.45, 7) is 6.80. The first-order valence-corrected chi connectivity index (χ1v) is 7.44. The Morgan fingerprint density at radius 1 is 1.25 bits per heavy atom. The molecule has 0 bridgehead atoms. The number of hydrogen-bond donors (Lipinski definition) is 1. The second-order valence-corrected chi connectivity index (χ2v) is 6.25. The van der Waals surface area contributed by atoms with E-state index in [1.807, 2.05) is 0 Å². The van der Waals surface area contributed by atoms with Crippen molar-refractivity contribution in [3.8, 4) is 5.75 Å². The summed E-state index contributed by atoms with van der Waals surface area (Å²) in [6, 6.07) is 4.53. The van der Waals surface area contributed by atoms with E-state index < -0.39 is 5.54 Å². The van der Waals surface area contributed by atoms with Gasteiger partial charge in [0, 0.05) is 38.3 Å². The number of rotatable bonds is 4. The molecular formula is C16H26Cl2FN3O2. The topological polar surface area (TPSA) is 58.8 Å². The summed E-state index contributed by atoms with van der Waals surface area (Å²) in [6.07, 6.45) is 0. The molecule has 0 aromatic heterocycles. The molecule has 0 spiro atoms. The van der Waals surface area contributed by atoms with Crippen molar-refractivity contribution in [2.24, 2.45) is 5.73 Å². The molecule has 0 saturated carbocycles. The summed E-state index contributed by atoms with van der Waals surface area (Å²) in [4.78, 5) is 16.1. The highest BCUT2D eigenvalue weighted by molar-refractivity contribution is 5.86. The molecule has 0 atom stereocenters. The molecule has 2 N–H and O–H groups in total. The second kappa shape index (κ2) is 9.42. The van der Waals surface area contributed by atoms with Crippen molar-refractivity contribution in [2.45, 2.75) is 25.9 Å². The summed E-state index contributed by atoms with van der Waals surface area (Å²) < 4.78 is 18.7. The number of hydrogen-bond acceptors (Lipinski definition) is 4. The number of nitrogens with zero attached hydrogens (tertiary/aromatic N) is 2. The Hall–Kier alpha value is -1.08. The number of amides is 1. The van der Waals surface area contributed by atoms with Crippen LogP contribution in [0.2, 0.25) is 0 Å². The van der Waals surface area contributed by atoms with Crippen LogP contribution in [0.3, 0.4) is 0 Å². The summed E-state index contributed by atoms with van der Waals surface area (Å²) >= 11 is 0. The van der Waals surface area contributed by atoms with E-state index in [4.69, 9.17) is 10.5 Å². The van der Waals surface area contributed by atoms with E-state index in [0.717, 1.165) is 18.7 Å². The molecular weight excluding hydrogens is 356 g/mol. The highest BCUT2D eigenvalue weighted by Gasteiger charge is 2.30. The van der Waals surface area contributed by atoms with Gasteiger partial charge >= 0.3 is 0 Å². The Kier molecular flexibility index (Phi) is 8.99. The van der Waals surface area contributed by atoms with Crippen LogP contribution in [-0.4, -0.2) is 54.5 Å². The van der Waals surface area contributed by atoms with Gasteiger partial charge in [0.15, 0.2) is 0 Å². The second-order valence-electron chi connectivity index (χ2n) is 6.25. The van der Waals surface area contributed by atoms with Gasteiger partial charge in [-0.2, -0.15) is 0 Å². The fourth-order valence-corrected chi connectivity index (χ4v) is 2.63. The lowest BCUT2D eigenvalue weighted by Crippen LogP contribution is -2.56. The minimum Gasteiger partial charge on any atom is -0.496 e. The predicted octanol–water partition coefficient (Wildman–Crippen LogP) is 2.06. The Bertz CT molecular complexity index is 545. The van der Waals surface area contributed by atoms with E-state index in [9.17, 15) is 9.18 Å². The van der Waals surface area contributed by atoms with E-state index in [1.54, 1.807) is 31.9 Å². The predicted molar refractivity (Wildman–Crippen MR) is 97.6 cm³/mol. The standard InChI is InChI=1S/C16H24FN3O2.2ClH/c1-16(2,18)15(21)20-8-6-19(7-9-20)11-12-10-13(17)4-5-14(12)22-3;;/h4-5,10H,6-9,11,18H2,1-3H3;2*1H. The van der Waals surface area contributed by atoms with Gasteiger partial charge in [-0.15, -0.1) is 24.8 Å². The third-order valence-electron chi connectivity index (χ3n) is 3.85. The summed E-state index contributed by atoms with van der Waals surface area (Å²) in [5.74, 6) is 0.382. The van der Waals surface area contributed by atoms with Gasteiger partial charge in [0.2, 0.25) is 5.91 Å². The van der Waals surface area contributed by atoms with Crippen molar-refractivity contribution in [1.29, 1.82) is 0 Å². The number of ether oxygens (including phenoxy) is 1. The highest BCUT2D eigenvalue weighted by atomic mass is 35.5.